The topological polar surface area (TPSA) is 123 Å². The number of carbonyl (C=O) groups is 3. The van der Waals surface area contributed by atoms with Crippen molar-refractivity contribution < 1.29 is 23.9 Å². The third-order valence-electron chi connectivity index (χ3n) is 12.2. The first-order valence-corrected chi connectivity index (χ1v) is 23.5. The summed E-state index contributed by atoms with van der Waals surface area (Å²) in [5.74, 6) is 0.642. The quantitative estimate of drug-likeness (QED) is 0.141. The number of halogens is 2. The van der Waals surface area contributed by atoms with Crippen molar-refractivity contribution in [3.8, 4) is 0 Å². The second kappa shape index (κ2) is 19.4. The van der Waals surface area contributed by atoms with Gasteiger partial charge in [0.15, 0.2) is 0 Å². The lowest BCUT2D eigenvalue weighted by Crippen LogP contribution is -2.46. The summed E-state index contributed by atoms with van der Waals surface area (Å²) in [6.45, 7) is 13.5. The molecule has 4 saturated heterocycles. The predicted molar refractivity (Wildman–Crippen MR) is 239 cm³/mol. The Bertz CT molecular complexity index is 2120. The highest BCUT2D eigenvalue weighted by atomic mass is 35.5. The molecule has 4 aromatic rings. The van der Waals surface area contributed by atoms with Crippen molar-refractivity contribution in [2.24, 2.45) is 5.41 Å². The van der Waals surface area contributed by atoms with Gasteiger partial charge in [0, 0.05) is 62.6 Å². The van der Waals surface area contributed by atoms with E-state index in [2.05, 4.69) is 41.6 Å². The number of fused-ring (bicyclic) bond motifs is 4. The van der Waals surface area contributed by atoms with Gasteiger partial charge >= 0.3 is 12.2 Å². The van der Waals surface area contributed by atoms with Gasteiger partial charge in [0.1, 0.15) is 13.2 Å². The van der Waals surface area contributed by atoms with Gasteiger partial charge < -0.3 is 19.3 Å². The maximum Gasteiger partial charge on any atom is 0.410 e. The van der Waals surface area contributed by atoms with Gasteiger partial charge in [-0.05, 0) is 113 Å². The minimum absolute atomic E-state index is 0.00127. The highest BCUT2D eigenvalue weighted by Crippen LogP contribution is 2.44. The number of aromatic nitrogens is 4. The Balaban J connectivity index is 0.000000185. The largest absolute Gasteiger partial charge is 0.445 e. The lowest BCUT2D eigenvalue weighted by atomic mass is 9.88. The fourth-order valence-corrected chi connectivity index (χ4v) is 11.5. The summed E-state index contributed by atoms with van der Waals surface area (Å²) in [6, 6.07) is 13.1. The summed E-state index contributed by atoms with van der Waals surface area (Å²) < 4.78 is 13.8. The number of aromatic amines is 1. The Morgan fingerprint density at radius 3 is 1.68 bits per heavy atom. The Labute approximate surface area is 371 Å². The number of H-pyrrole nitrogens is 1. The number of aryl methyl sites for hydroxylation is 4. The van der Waals surface area contributed by atoms with Gasteiger partial charge in [-0.1, -0.05) is 69.3 Å². The zero-order chi connectivity index (χ0) is 42.6. The van der Waals surface area contributed by atoms with E-state index in [1.165, 1.54) is 9.75 Å². The molecule has 0 radical (unpaired) electrons. The Morgan fingerprint density at radius 2 is 1.23 bits per heavy atom. The third kappa shape index (κ3) is 10.4. The zero-order valence-corrected chi connectivity index (χ0v) is 37.9. The molecular weight excluding hydrogens is 840 g/mol. The van der Waals surface area contributed by atoms with Crippen LogP contribution in [-0.2, 0) is 35.2 Å². The van der Waals surface area contributed by atoms with E-state index in [4.69, 9.17) is 37.8 Å². The molecule has 8 heterocycles. The van der Waals surface area contributed by atoms with Gasteiger partial charge in [-0.2, -0.15) is 10.2 Å². The van der Waals surface area contributed by atoms with Crippen LogP contribution in [0.15, 0.2) is 61.7 Å². The number of carbonyl (C=O) groups excluding carboxylic acids is 3. The molecule has 4 bridgehead atoms. The Hall–Kier alpha value is -3.91. The molecular formula is C45H56Cl2N6O5S2. The molecule has 8 rings (SSSR count). The van der Waals surface area contributed by atoms with Crippen molar-refractivity contribution in [3.05, 3.63) is 103 Å². The second-order valence-electron chi connectivity index (χ2n) is 17.4. The Morgan fingerprint density at radius 1 is 0.750 bits per heavy atom. The minimum Gasteiger partial charge on any atom is -0.445 e. The normalized spacial score (nSPS) is 23.2. The van der Waals surface area contributed by atoms with Crippen LogP contribution in [-0.4, -0.2) is 85.3 Å². The number of piperidine rings is 2. The highest BCUT2D eigenvalue weighted by molar-refractivity contribution is 7.16. The number of amides is 2. The number of ether oxygens (including phenoxy) is 2. The van der Waals surface area contributed by atoms with Crippen LogP contribution in [0.4, 0.5) is 9.59 Å². The summed E-state index contributed by atoms with van der Waals surface area (Å²) in [7, 11) is 0. The van der Waals surface area contributed by atoms with Crippen LogP contribution < -0.4 is 0 Å². The second-order valence-corrected chi connectivity index (χ2v) is 21.0. The third-order valence-corrected chi connectivity index (χ3v) is 14.8. The van der Waals surface area contributed by atoms with Crippen molar-refractivity contribution in [2.75, 3.05) is 13.2 Å². The lowest BCUT2D eigenvalue weighted by Gasteiger charge is -2.37. The number of hydrogen-bond acceptors (Lipinski definition) is 9. The van der Waals surface area contributed by atoms with Crippen LogP contribution in [0.25, 0.3) is 0 Å². The molecule has 0 saturated carbocycles. The maximum absolute atomic E-state index is 13.2. The van der Waals surface area contributed by atoms with Gasteiger partial charge in [-0.25, -0.2) is 14.3 Å². The van der Waals surface area contributed by atoms with Crippen molar-refractivity contribution in [2.45, 2.75) is 134 Å². The molecule has 60 heavy (non-hydrogen) atoms. The van der Waals surface area contributed by atoms with E-state index in [1.807, 2.05) is 48.8 Å². The molecule has 4 aromatic heterocycles. The van der Waals surface area contributed by atoms with Gasteiger partial charge in [0.25, 0.3) is 5.91 Å². The molecule has 11 nitrogen and oxygen atoms in total. The smallest absolute Gasteiger partial charge is 0.410 e. The standard InChI is InChI=1S/C25H32ClN3O3S.C20H24ClN3O2S/c1-5-12-32-24(31)28-17-6-7-18(28)14-16(13-17)21-15-19(8-9-20-10-11-22(26)33-20)29(27-21)23(30)25(2,3)4;1-2-9-26-20(25)24-15-4-5-16(24)11-13(10-15)18-12-14(22-23-18)3-6-17-7-8-19(21)27-17/h5,10-11,15-18H,1,6-9,12-14H2,2-4H3;2,7-8,12-13,15-16H,1,3-6,9-11H2,(H,22,23). The summed E-state index contributed by atoms with van der Waals surface area (Å²) in [5, 5.41) is 12.6. The first-order chi connectivity index (χ1) is 28.8. The molecule has 1 N–H and O–H groups in total. The summed E-state index contributed by atoms with van der Waals surface area (Å²) in [4.78, 5) is 44.4. The van der Waals surface area contributed by atoms with E-state index in [9.17, 15) is 14.4 Å². The van der Waals surface area contributed by atoms with E-state index < -0.39 is 5.41 Å². The lowest BCUT2D eigenvalue weighted by molar-refractivity contribution is 0.0711. The van der Waals surface area contributed by atoms with Crippen molar-refractivity contribution in [3.63, 3.8) is 0 Å². The molecule has 4 aliphatic heterocycles. The number of rotatable bonds is 12. The zero-order valence-electron chi connectivity index (χ0n) is 34.7. The van der Waals surface area contributed by atoms with Crippen molar-refractivity contribution in [1.82, 2.24) is 29.8 Å². The SMILES string of the molecule is C=CCOC(=O)N1C2CCC1CC(c1cc(CCc3ccc(Cl)s3)[nH]n1)C2.C=CCOC(=O)N1C2CCC1CC(c1cc(CCc3ccc(Cl)s3)n(C(=O)C(C)(C)C)n1)C2. The summed E-state index contributed by atoms with van der Waals surface area (Å²) in [5.41, 5.74) is 3.67. The summed E-state index contributed by atoms with van der Waals surface area (Å²) in [6.07, 6.45) is 13.9. The summed E-state index contributed by atoms with van der Waals surface area (Å²) >= 11 is 15.3. The van der Waals surface area contributed by atoms with Crippen LogP contribution in [0, 0.1) is 5.41 Å². The molecule has 4 fully saturated rings. The predicted octanol–water partition coefficient (Wildman–Crippen LogP) is 11.0. The number of thiophene rings is 2. The number of nitrogens with zero attached hydrogens (tertiary/aromatic N) is 5. The van der Waals surface area contributed by atoms with Crippen molar-refractivity contribution >= 4 is 64.0 Å². The molecule has 2 amide bonds. The van der Waals surface area contributed by atoms with E-state index in [1.54, 1.807) is 39.5 Å². The van der Waals surface area contributed by atoms with Crippen LogP contribution in [0.2, 0.25) is 8.67 Å². The highest BCUT2D eigenvalue weighted by Gasteiger charge is 2.46. The van der Waals surface area contributed by atoms with E-state index >= 15 is 0 Å². The molecule has 0 spiro atoms. The Kier molecular flexibility index (Phi) is 14.3. The maximum atomic E-state index is 13.2. The molecule has 4 atom stereocenters. The minimum atomic E-state index is -0.526. The first-order valence-electron chi connectivity index (χ1n) is 21.1. The van der Waals surface area contributed by atoms with Crippen molar-refractivity contribution in [1.29, 1.82) is 0 Å². The fraction of sp³-hybridized carbons (Fsp3) is 0.533. The van der Waals surface area contributed by atoms with Crippen LogP contribution >= 0.6 is 45.9 Å². The molecule has 322 valence electrons. The number of nitrogens with one attached hydrogen (secondary N) is 1. The van der Waals surface area contributed by atoms with Gasteiger partial charge in [0.05, 0.1) is 20.1 Å². The van der Waals surface area contributed by atoms with Gasteiger partial charge in [-0.3, -0.25) is 9.89 Å². The molecule has 15 heteroatoms. The van der Waals surface area contributed by atoms with Crippen LogP contribution in [0.5, 0.6) is 0 Å². The molecule has 0 aromatic carbocycles. The van der Waals surface area contributed by atoms with E-state index in [0.29, 0.717) is 5.92 Å². The van der Waals surface area contributed by atoms with Crippen LogP contribution in [0.1, 0.15) is 121 Å². The average molecular weight is 896 g/mol. The van der Waals surface area contributed by atoms with E-state index in [-0.39, 0.29) is 61.4 Å². The van der Waals surface area contributed by atoms with Crippen LogP contribution in [0.3, 0.4) is 0 Å². The van der Waals surface area contributed by atoms with E-state index in [0.717, 1.165) is 108 Å². The number of hydrogen-bond donors (Lipinski definition) is 1. The first kappa shape index (κ1) is 44.2. The molecule has 4 aliphatic rings. The molecule has 4 unspecified atom stereocenters. The average Bonchev–Trinajstić information content (AvgIpc) is 4.09. The monoisotopic (exact) mass is 894 g/mol. The van der Waals surface area contributed by atoms with Gasteiger partial charge in [0.2, 0.25) is 0 Å². The van der Waals surface area contributed by atoms with Gasteiger partial charge in [-0.15, -0.1) is 22.7 Å². The fourth-order valence-electron chi connectivity index (χ4n) is 9.35. The molecule has 0 aliphatic carbocycles.